The van der Waals surface area contributed by atoms with E-state index in [0.29, 0.717) is 5.16 Å². The number of hydrogen-bond donors (Lipinski definition) is 1. The number of likely N-dealkylation sites (tertiary alicyclic amines) is 1. The minimum absolute atomic E-state index is 0.0319. The molecule has 1 aromatic heterocycles. The zero-order valence-electron chi connectivity index (χ0n) is 9.78. The number of aromatic nitrogens is 3. The standard InChI is InChI=1S/C10H14N4O3S/c15-8(13-3-1-2-4-13)5-14-7-11-12-10(14)18-6-9(16)17/h7H,1-6H2,(H,16,17). The monoisotopic (exact) mass is 270 g/mol. The third-order valence-corrected chi connectivity index (χ3v) is 3.63. The van der Waals surface area contributed by atoms with Crippen LogP contribution in [0.15, 0.2) is 11.5 Å². The van der Waals surface area contributed by atoms with E-state index in [1.54, 1.807) is 4.57 Å². The molecule has 2 rings (SSSR count). The smallest absolute Gasteiger partial charge is 0.313 e. The summed E-state index contributed by atoms with van der Waals surface area (Å²) in [5.41, 5.74) is 0. The first-order valence-corrected chi connectivity index (χ1v) is 6.65. The van der Waals surface area contributed by atoms with Crippen LogP contribution in [0.2, 0.25) is 0 Å². The Kier molecular flexibility index (Phi) is 4.19. The number of amides is 1. The highest BCUT2D eigenvalue weighted by molar-refractivity contribution is 7.99. The molecule has 1 N–H and O–H groups in total. The van der Waals surface area contributed by atoms with Crippen molar-refractivity contribution in [1.82, 2.24) is 19.7 Å². The third kappa shape index (κ3) is 3.22. The van der Waals surface area contributed by atoms with Gasteiger partial charge in [0.2, 0.25) is 5.91 Å². The van der Waals surface area contributed by atoms with Gasteiger partial charge in [0, 0.05) is 13.1 Å². The zero-order chi connectivity index (χ0) is 13.0. The van der Waals surface area contributed by atoms with Crippen molar-refractivity contribution in [1.29, 1.82) is 0 Å². The van der Waals surface area contributed by atoms with E-state index in [1.165, 1.54) is 6.33 Å². The quantitative estimate of drug-likeness (QED) is 0.762. The second kappa shape index (κ2) is 5.85. The Morgan fingerprint density at radius 1 is 1.39 bits per heavy atom. The molecule has 0 spiro atoms. The minimum Gasteiger partial charge on any atom is -0.481 e. The molecule has 18 heavy (non-hydrogen) atoms. The lowest BCUT2D eigenvalue weighted by molar-refractivity contribution is -0.134. The lowest BCUT2D eigenvalue weighted by Gasteiger charge is -2.15. The van der Waals surface area contributed by atoms with Crippen LogP contribution >= 0.6 is 11.8 Å². The first-order chi connectivity index (χ1) is 8.66. The number of carboxylic acids is 1. The summed E-state index contributed by atoms with van der Waals surface area (Å²) in [6.45, 7) is 1.78. The zero-order valence-corrected chi connectivity index (χ0v) is 10.6. The van der Waals surface area contributed by atoms with E-state index in [9.17, 15) is 9.59 Å². The van der Waals surface area contributed by atoms with Crippen molar-refractivity contribution in [3.05, 3.63) is 6.33 Å². The van der Waals surface area contributed by atoms with Gasteiger partial charge in [0.1, 0.15) is 12.9 Å². The van der Waals surface area contributed by atoms with Crippen LogP contribution in [0.4, 0.5) is 0 Å². The molecular formula is C10H14N4O3S. The van der Waals surface area contributed by atoms with Gasteiger partial charge in [-0.3, -0.25) is 14.2 Å². The highest BCUT2D eigenvalue weighted by atomic mass is 32.2. The first-order valence-electron chi connectivity index (χ1n) is 5.67. The van der Waals surface area contributed by atoms with E-state index in [-0.39, 0.29) is 18.2 Å². The molecule has 1 aromatic rings. The lowest BCUT2D eigenvalue weighted by atomic mass is 10.4. The summed E-state index contributed by atoms with van der Waals surface area (Å²) in [6, 6.07) is 0. The molecule has 8 heteroatoms. The fraction of sp³-hybridized carbons (Fsp3) is 0.600. The molecule has 1 fully saturated rings. The molecule has 0 aliphatic carbocycles. The van der Waals surface area contributed by atoms with Crippen molar-refractivity contribution in [2.75, 3.05) is 18.8 Å². The molecule has 1 saturated heterocycles. The van der Waals surface area contributed by atoms with Crippen LogP contribution in [0.25, 0.3) is 0 Å². The molecule has 0 atom stereocenters. The van der Waals surface area contributed by atoms with Crippen LogP contribution in [0.1, 0.15) is 12.8 Å². The maximum atomic E-state index is 11.9. The van der Waals surface area contributed by atoms with E-state index in [2.05, 4.69) is 10.2 Å². The molecule has 98 valence electrons. The molecule has 1 aliphatic heterocycles. The molecular weight excluding hydrogens is 256 g/mol. The average Bonchev–Trinajstić information content (AvgIpc) is 2.97. The van der Waals surface area contributed by atoms with Crippen molar-refractivity contribution in [3.8, 4) is 0 Å². The van der Waals surface area contributed by atoms with E-state index < -0.39 is 5.97 Å². The van der Waals surface area contributed by atoms with Gasteiger partial charge in [-0.05, 0) is 12.8 Å². The van der Waals surface area contributed by atoms with Gasteiger partial charge in [-0.15, -0.1) is 10.2 Å². The highest BCUT2D eigenvalue weighted by Gasteiger charge is 2.19. The predicted molar refractivity (Wildman–Crippen MR) is 64.2 cm³/mol. The molecule has 1 amide bonds. The molecule has 0 bridgehead atoms. The van der Waals surface area contributed by atoms with Crippen LogP contribution in [0, 0.1) is 0 Å². The highest BCUT2D eigenvalue weighted by Crippen LogP contribution is 2.15. The van der Waals surface area contributed by atoms with Gasteiger partial charge < -0.3 is 10.0 Å². The second-order valence-electron chi connectivity index (χ2n) is 4.01. The first kappa shape index (κ1) is 12.9. The molecule has 0 unspecified atom stereocenters. The van der Waals surface area contributed by atoms with Crippen LogP contribution in [0.5, 0.6) is 0 Å². The van der Waals surface area contributed by atoms with Gasteiger partial charge in [-0.2, -0.15) is 0 Å². The molecule has 0 aromatic carbocycles. The fourth-order valence-corrected chi connectivity index (χ4v) is 2.44. The number of nitrogens with zero attached hydrogens (tertiary/aromatic N) is 4. The normalized spacial score (nSPS) is 15.0. The maximum Gasteiger partial charge on any atom is 0.313 e. The van der Waals surface area contributed by atoms with E-state index in [1.807, 2.05) is 4.90 Å². The van der Waals surface area contributed by atoms with Gasteiger partial charge in [0.25, 0.3) is 0 Å². The van der Waals surface area contributed by atoms with Gasteiger partial charge in [0.15, 0.2) is 5.16 Å². The number of carbonyl (C=O) groups is 2. The Hall–Kier alpha value is -1.57. The summed E-state index contributed by atoms with van der Waals surface area (Å²) in [5.74, 6) is -0.971. The Labute approximate surface area is 108 Å². The summed E-state index contributed by atoms with van der Waals surface area (Å²) in [4.78, 5) is 24.2. The number of thioether (sulfide) groups is 1. The van der Waals surface area contributed by atoms with Gasteiger partial charge >= 0.3 is 5.97 Å². The maximum absolute atomic E-state index is 11.9. The summed E-state index contributed by atoms with van der Waals surface area (Å²) in [7, 11) is 0. The fourth-order valence-electron chi connectivity index (χ4n) is 1.80. The lowest BCUT2D eigenvalue weighted by Crippen LogP contribution is -2.31. The van der Waals surface area contributed by atoms with Crippen LogP contribution in [-0.2, 0) is 16.1 Å². The molecule has 0 saturated carbocycles. The van der Waals surface area contributed by atoms with Gasteiger partial charge in [0.05, 0.1) is 5.75 Å². The van der Waals surface area contributed by atoms with E-state index in [0.717, 1.165) is 37.7 Å². The average molecular weight is 270 g/mol. The summed E-state index contributed by atoms with van der Waals surface area (Å²) in [5, 5.41) is 16.6. The largest absolute Gasteiger partial charge is 0.481 e. The van der Waals surface area contributed by atoms with Crippen molar-refractivity contribution in [2.45, 2.75) is 24.5 Å². The van der Waals surface area contributed by atoms with Crippen LogP contribution in [0.3, 0.4) is 0 Å². The SMILES string of the molecule is O=C(O)CSc1nncn1CC(=O)N1CCCC1. The molecule has 2 heterocycles. The van der Waals surface area contributed by atoms with Gasteiger partial charge in [-0.25, -0.2) is 0 Å². The molecule has 1 aliphatic rings. The van der Waals surface area contributed by atoms with Crippen molar-refractivity contribution in [2.24, 2.45) is 0 Å². The molecule has 0 radical (unpaired) electrons. The number of aliphatic carboxylic acids is 1. The van der Waals surface area contributed by atoms with Crippen molar-refractivity contribution in [3.63, 3.8) is 0 Å². The van der Waals surface area contributed by atoms with Crippen molar-refractivity contribution >= 4 is 23.6 Å². The number of rotatable bonds is 5. The predicted octanol–water partition coefficient (Wildman–Crippen LogP) is 0.0772. The Balaban J connectivity index is 1.94. The number of hydrogen-bond acceptors (Lipinski definition) is 5. The number of carboxylic acid groups (broad SMARTS) is 1. The van der Waals surface area contributed by atoms with Gasteiger partial charge in [-0.1, -0.05) is 11.8 Å². The Morgan fingerprint density at radius 2 is 2.11 bits per heavy atom. The van der Waals surface area contributed by atoms with Crippen LogP contribution < -0.4 is 0 Å². The second-order valence-corrected chi connectivity index (χ2v) is 4.95. The summed E-state index contributed by atoms with van der Waals surface area (Å²) < 4.78 is 1.59. The summed E-state index contributed by atoms with van der Waals surface area (Å²) >= 11 is 1.07. The van der Waals surface area contributed by atoms with E-state index in [4.69, 9.17) is 5.11 Å². The summed E-state index contributed by atoms with van der Waals surface area (Å²) in [6.07, 6.45) is 3.56. The van der Waals surface area contributed by atoms with Crippen molar-refractivity contribution < 1.29 is 14.7 Å². The minimum atomic E-state index is -0.916. The third-order valence-electron chi connectivity index (χ3n) is 2.67. The van der Waals surface area contributed by atoms with Crippen LogP contribution in [-0.4, -0.2) is 55.5 Å². The number of carbonyl (C=O) groups excluding carboxylic acids is 1. The Morgan fingerprint density at radius 3 is 2.78 bits per heavy atom. The Bertz CT molecular complexity index is 442. The topological polar surface area (TPSA) is 88.3 Å². The molecule has 7 nitrogen and oxygen atoms in total. The van der Waals surface area contributed by atoms with E-state index >= 15 is 0 Å².